The largest absolute Gasteiger partial charge is 0.462 e. The monoisotopic (exact) mass is 439 g/mol. The van der Waals surface area contributed by atoms with Crippen LogP contribution < -0.4 is 0 Å². The minimum absolute atomic E-state index is 0.241. The molecule has 0 aromatic heterocycles. The number of hydroxylamine groups is 2. The molecule has 4 nitrogen and oxygen atoms in total. The van der Waals surface area contributed by atoms with Gasteiger partial charge in [0.1, 0.15) is 0 Å². The zero-order valence-corrected chi connectivity index (χ0v) is 21.4. The van der Waals surface area contributed by atoms with Gasteiger partial charge in [0.15, 0.2) is 0 Å². The van der Waals surface area contributed by atoms with Gasteiger partial charge in [-0.05, 0) is 33.6 Å². The van der Waals surface area contributed by atoms with Crippen molar-refractivity contribution in [3.8, 4) is 0 Å². The summed E-state index contributed by atoms with van der Waals surface area (Å²) in [6.07, 6.45) is 22.1. The molecule has 0 heterocycles. The molecule has 0 spiro atoms. The fourth-order valence-electron chi connectivity index (χ4n) is 3.86. The summed E-state index contributed by atoms with van der Waals surface area (Å²) in [5, 5.41) is 11.8. The second kappa shape index (κ2) is 19.8. The van der Waals surface area contributed by atoms with Crippen molar-refractivity contribution in [3.05, 3.63) is 12.2 Å². The molecule has 4 heteroatoms. The van der Waals surface area contributed by atoms with Crippen LogP contribution in [-0.4, -0.2) is 34.9 Å². The first kappa shape index (κ1) is 30.1. The van der Waals surface area contributed by atoms with Gasteiger partial charge in [0, 0.05) is 17.7 Å². The van der Waals surface area contributed by atoms with Gasteiger partial charge >= 0.3 is 5.97 Å². The van der Waals surface area contributed by atoms with E-state index in [1.54, 1.807) is 6.92 Å². The van der Waals surface area contributed by atoms with E-state index in [-0.39, 0.29) is 11.5 Å². The Morgan fingerprint density at radius 3 is 1.65 bits per heavy atom. The number of rotatable bonds is 22. The predicted molar refractivity (Wildman–Crippen MR) is 133 cm³/mol. The summed E-state index contributed by atoms with van der Waals surface area (Å²) >= 11 is 0. The van der Waals surface area contributed by atoms with Gasteiger partial charge in [-0.3, -0.25) is 0 Å². The average Bonchev–Trinajstić information content (AvgIpc) is 2.73. The second-order valence-electron chi connectivity index (χ2n) is 9.91. The molecule has 0 aromatic rings. The molecule has 1 N–H and O–H groups in total. The van der Waals surface area contributed by atoms with E-state index < -0.39 is 0 Å². The van der Waals surface area contributed by atoms with Gasteiger partial charge in [-0.25, -0.2) is 4.79 Å². The number of nitrogens with zero attached hydrogens (tertiary/aromatic N) is 1. The number of carbonyl (C=O) groups is 1. The molecule has 0 radical (unpaired) electrons. The summed E-state index contributed by atoms with van der Waals surface area (Å²) < 4.78 is 5.08. The van der Waals surface area contributed by atoms with Crippen molar-refractivity contribution in [3.63, 3.8) is 0 Å². The molecule has 0 aromatic carbocycles. The molecule has 0 atom stereocenters. The molecule has 0 bridgehead atoms. The smallest absolute Gasteiger partial charge is 0.333 e. The fourth-order valence-corrected chi connectivity index (χ4v) is 3.86. The summed E-state index contributed by atoms with van der Waals surface area (Å²) in [6, 6.07) is 0. The van der Waals surface area contributed by atoms with Gasteiger partial charge in [0.2, 0.25) is 0 Å². The van der Waals surface area contributed by atoms with E-state index in [2.05, 4.69) is 27.4 Å². The molecule has 0 unspecified atom stereocenters. The molecule has 0 aliphatic rings. The first-order valence-corrected chi connectivity index (χ1v) is 13.1. The van der Waals surface area contributed by atoms with Crippen molar-refractivity contribution in [2.24, 2.45) is 0 Å². The van der Waals surface area contributed by atoms with E-state index in [9.17, 15) is 10.0 Å². The SMILES string of the molecule is C=C(C)C(=O)OCCCN(O)C(C)(C)CCCCCCCCCCCCCCCCC. The molecule has 31 heavy (non-hydrogen) atoms. The molecule has 0 saturated carbocycles. The summed E-state index contributed by atoms with van der Waals surface area (Å²) in [6.45, 7) is 12.5. The van der Waals surface area contributed by atoms with Crippen molar-refractivity contribution < 1.29 is 14.7 Å². The zero-order valence-electron chi connectivity index (χ0n) is 21.4. The van der Waals surface area contributed by atoms with Crippen LogP contribution in [0.25, 0.3) is 0 Å². The molecular weight excluding hydrogens is 386 g/mol. The Morgan fingerprint density at radius 1 is 0.806 bits per heavy atom. The molecule has 0 fully saturated rings. The van der Waals surface area contributed by atoms with Gasteiger partial charge in [-0.15, -0.1) is 0 Å². The van der Waals surface area contributed by atoms with E-state index >= 15 is 0 Å². The van der Waals surface area contributed by atoms with Crippen LogP contribution in [0, 0.1) is 0 Å². The van der Waals surface area contributed by atoms with Gasteiger partial charge in [0.25, 0.3) is 0 Å². The topological polar surface area (TPSA) is 49.8 Å². The van der Waals surface area contributed by atoms with Crippen molar-refractivity contribution in [2.75, 3.05) is 13.2 Å². The maximum Gasteiger partial charge on any atom is 0.333 e. The molecule has 0 aliphatic heterocycles. The van der Waals surface area contributed by atoms with E-state index in [1.165, 1.54) is 95.0 Å². The number of hydrogen-bond donors (Lipinski definition) is 1. The zero-order chi connectivity index (χ0) is 23.4. The third-order valence-electron chi connectivity index (χ3n) is 6.19. The molecule has 0 amide bonds. The number of esters is 1. The minimum atomic E-state index is -0.360. The number of unbranched alkanes of at least 4 members (excludes halogenated alkanes) is 14. The quantitative estimate of drug-likeness (QED) is 0.0798. The third kappa shape index (κ3) is 18.4. The summed E-state index contributed by atoms with van der Waals surface area (Å²) in [4.78, 5) is 11.4. The maximum absolute atomic E-state index is 11.4. The van der Waals surface area contributed by atoms with Crippen LogP contribution in [0.3, 0.4) is 0 Å². The highest BCUT2D eigenvalue weighted by Crippen LogP contribution is 2.21. The molecule has 0 rings (SSSR count). The highest BCUT2D eigenvalue weighted by molar-refractivity contribution is 5.86. The van der Waals surface area contributed by atoms with Gasteiger partial charge in [-0.1, -0.05) is 110 Å². The van der Waals surface area contributed by atoms with E-state index in [0.717, 1.165) is 12.8 Å². The van der Waals surface area contributed by atoms with Gasteiger partial charge in [-0.2, -0.15) is 5.06 Å². The van der Waals surface area contributed by atoms with Crippen molar-refractivity contribution in [1.29, 1.82) is 0 Å². The lowest BCUT2D eigenvalue weighted by molar-refractivity contribution is -0.168. The van der Waals surface area contributed by atoms with Gasteiger partial charge < -0.3 is 9.94 Å². The van der Waals surface area contributed by atoms with Crippen molar-refractivity contribution >= 4 is 5.97 Å². The Morgan fingerprint density at radius 2 is 1.23 bits per heavy atom. The first-order chi connectivity index (χ1) is 14.8. The highest BCUT2D eigenvalue weighted by Gasteiger charge is 2.24. The van der Waals surface area contributed by atoms with E-state index in [0.29, 0.717) is 25.1 Å². The number of ether oxygens (including phenoxy) is 1. The number of carbonyl (C=O) groups excluding carboxylic acids is 1. The highest BCUT2D eigenvalue weighted by atomic mass is 16.5. The maximum atomic E-state index is 11.4. The second-order valence-corrected chi connectivity index (χ2v) is 9.91. The van der Waals surface area contributed by atoms with Crippen LogP contribution in [0.4, 0.5) is 0 Å². The van der Waals surface area contributed by atoms with Gasteiger partial charge in [0.05, 0.1) is 6.61 Å². The standard InChI is InChI=1S/C27H53NO3/c1-6-7-8-9-10-11-12-13-14-15-16-17-18-19-20-22-27(4,5)28(30)23-21-24-31-26(29)25(2)3/h30H,2,6-24H2,1,3-5H3. The summed E-state index contributed by atoms with van der Waals surface area (Å²) in [5.74, 6) is -0.360. The first-order valence-electron chi connectivity index (χ1n) is 13.1. The average molecular weight is 440 g/mol. The minimum Gasteiger partial charge on any atom is -0.462 e. The lowest BCUT2D eigenvalue weighted by atomic mass is 9.95. The van der Waals surface area contributed by atoms with Crippen LogP contribution in [0.1, 0.15) is 137 Å². The van der Waals surface area contributed by atoms with Crippen LogP contribution in [0.5, 0.6) is 0 Å². The molecular formula is C27H53NO3. The Labute approximate surface area is 193 Å². The summed E-state index contributed by atoms with van der Waals surface area (Å²) in [7, 11) is 0. The normalized spacial score (nSPS) is 11.8. The Balaban J connectivity index is 3.51. The molecule has 184 valence electrons. The Kier molecular flexibility index (Phi) is 19.2. The van der Waals surface area contributed by atoms with E-state index in [1.807, 2.05) is 0 Å². The van der Waals surface area contributed by atoms with Crippen LogP contribution in [-0.2, 0) is 9.53 Å². The molecule has 0 aliphatic carbocycles. The number of hydrogen-bond acceptors (Lipinski definition) is 4. The lowest BCUT2D eigenvalue weighted by Gasteiger charge is -2.33. The Hall–Kier alpha value is -0.870. The molecule has 0 saturated heterocycles. The van der Waals surface area contributed by atoms with Crippen LogP contribution in [0.2, 0.25) is 0 Å². The lowest BCUT2D eigenvalue weighted by Crippen LogP contribution is -2.42. The summed E-state index contributed by atoms with van der Waals surface area (Å²) in [5.41, 5.74) is 0.170. The Bertz CT molecular complexity index is 448. The van der Waals surface area contributed by atoms with Crippen LogP contribution >= 0.6 is 0 Å². The predicted octanol–water partition coefficient (Wildman–Crippen LogP) is 8.23. The van der Waals surface area contributed by atoms with Crippen LogP contribution in [0.15, 0.2) is 12.2 Å². The van der Waals surface area contributed by atoms with E-state index in [4.69, 9.17) is 4.74 Å². The van der Waals surface area contributed by atoms with Crippen molar-refractivity contribution in [1.82, 2.24) is 5.06 Å². The fraction of sp³-hybridized carbons (Fsp3) is 0.889. The third-order valence-corrected chi connectivity index (χ3v) is 6.19. The van der Waals surface area contributed by atoms with Crippen molar-refractivity contribution in [2.45, 2.75) is 142 Å².